The van der Waals surface area contributed by atoms with Gasteiger partial charge in [0.25, 0.3) is 0 Å². The van der Waals surface area contributed by atoms with E-state index in [9.17, 15) is 0 Å². The molecule has 0 unspecified atom stereocenters. The van der Waals surface area contributed by atoms with Crippen LogP contribution in [0.25, 0.3) is 22.2 Å². The molecule has 5 heterocycles. The predicted octanol–water partition coefficient (Wildman–Crippen LogP) is 2.20. The van der Waals surface area contributed by atoms with Crippen molar-refractivity contribution in [3.8, 4) is 11.3 Å². The van der Waals surface area contributed by atoms with E-state index >= 15 is 0 Å². The lowest BCUT2D eigenvalue weighted by Gasteiger charge is -2.35. The maximum absolute atomic E-state index is 4.74. The van der Waals surface area contributed by atoms with Crippen LogP contribution < -0.4 is 9.80 Å². The van der Waals surface area contributed by atoms with E-state index in [2.05, 4.69) is 34.7 Å². The molecule has 1 aliphatic rings. The first-order valence-electron chi connectivity index (χ1n) is 9.16. The highest BCUT2D eigenvalue weighted by molar-refractivity contribution is 5.88. The number of hydrogen-bond donors (Lipinski definition) is 0. The molecule has 0 aromatic carbocycles. The minimum absolute atomic E-state index is 0.748. The number of nitrogens with zero attached hydrogens (tertiary/aromatic N) is 8. The lowest BCUT2D eigenvalue weighted by atomic mass is 10.2. The summed E-state index contributed by atoms with van der Waals surface area (Å²) in [6.07, 6.45) is 10.5. The first-order chi connectivity index (χ1) is 13.9. The van der Waals surface area contributed by atoms with Gasteiger partial charge in [-0.2, -0.15) is 0 Å². The SMILES string of the molecule is c1cncc(-c2ccnc(N3CCN(c4ncnc5cnccc45)CC3)n2)c1. The lowest BCUT2D eigenvalue weighted by Crippen LogP contribution is -2.47. The third-order valence-corrected chi connectivity index (χ3v) is 4.88. The molecule has 8 heteroatoms. The number of aromatic nitrogens is 6. The Labute approximate surface area is 162 Å². The van der Waals surface area contributed by atoms with Gasteiger partial charge in [-0.05, 0) is 24.3 Å². The summed E-state index contributed by atoms with van der Waals surface area (Å²) in [6, 6.07) is 7.80. The van der Waals surface area contributed by atoms with Crippen LogP contribution in [0.4, 0.5) is 11.8 Å². The summed E-state index contributed by atoms with van der Waals surface area (Å²) in [5.74, 6) is 1.70. The maximum Gasteiger partial charge on any atom is 0.225 e. The second-order valence-electron chi connectivity index (χ2n) is 6.55. The lowest BCUT2D eigenvalue weighted by molar-refractivity contribution is 0.636. The molecule has 4 aromatic heterocycles. The van der Waals surface area contributed by atoms with E-state index in [0.29, 0.717) is 0 Å². The van der Waals surface area contributed by atoms with Gasteiger partial charge in [0.05, 0.1) is 17.4 Å². The molecule has 4 aromatic rings. The second-order valence-corrected chi connectivity index (χ2v) is 6.55. The van der Waals surface area contributed by atoms with Crippen molar-refractivity contribution >= 4 is 22.7 Å². The van der Waals surface area contributed by atoms with Gasteiger partial charge < -0.3 is 9.80 Å². The van der Waals surface area contributed by atoms with Crippen molar-refractivity contribution in [2.75, 3.05) is 36.0 Å². The van der Waals surface area contributed by atoms with Crippen LogP contribution >= 0.6 is 0 Å². The molecule has 0 spiro atoms. The van der Waals surface area contributed by atoms with E-state index < -0.39 is 0 Å². The summed E-state index contributed by atoms with van der Waals surface area (Å²) < 4.78 is 0. The van der Waals surface area contributed by atoms with Crippen molar-refractivity contribution in [2.45, 2.75) is 0 Å². The Hall–Kier alpha value is -3.68. The van der Waals surface area contributed by atoms with Crippen LogP contribution in [0.15, 0.2) is 61.6 Å². The fourth-order valence-corrected chi connectivity index (χ4v) is 3.44. The van der Waals surface area contributed by atoms with E-state index in [1.807, 2.05) is 36.7 Å². The Morgan fingerprint density at radius 2 is 1.61 bits per heavy atom. The van der Waals surface area contributed by atoms with E-state index in [4.69, 9.17) is 4.98 Å². The standard InChI is InChI=1S/C20H18N8/c1-2-15(12-21-5-1)17-4-7-23-20(26-17)28-10-8-27(9-11-28)19-16-3-6-22-13-18(16)24-14-25-19/h1-7,12-14H,8-11H2. The molecule has 0 saturated carbocycles. The van der Waals surface area contributed by atoms with Crippen molar-refractivity contribution in [1.29, 1.82) is 0 Å². The molecule has 0 amide bonds. The van der Waals surface area contributed by atoms with Crippen LogP contribution in [-0.4, -0.2) is 56.1 Å². The third kappa shape index (κ3) is 3.09. The van der Waals surface area contributed by atoms with Crippen LogP contribution in [-0.2, 0) is 0 Å². The van der Waals surface area contributed by atoms with Gasteiger partial charge in [0.1, 0.15) is 12.1 Å². The Bertz CT molecular complexity index is 1090. The molecule has 1 saturated heterocycles. The molecular formula is C20H18N8. The van der Waals surface area contributed by atoms with Crippen molar-refractivity contribution in [3.63, 3.8) is 0 Å². The Morgan fingerprint density at radius 1 is 0.750 bits per heavy atom. The summed E-state index contributed by atoms with van der Waals surface area (Å²) in [7, 11) is 0. The summed E-state index contributed by atoms with van der Waals surface area (Å²) in [4.78, 5) is 30.8. The maximum atomic E-state index is 4.74. The second kappa shape index (κ2) is 7.15. The highest BCUT2D eigenvalue weighted by Crippen LogP contribution is 2.24. The molecule has 8 nitrogen and oxygen atoms in total. The van der Waals surface area contributed by atoms with Crippen molar-refractivity contribution in [1.82, 2.24) is 29.9 Å². The number of rotatable bonds is 3. The van der Waals surface area contributed by atoms with Crippen LogP contribution in [0.2, 0.25) is 0 Å². The zero-order chi connectivity index (χ0) is 18.8. The first-order valence-corrected chi connectivity index (χ1v) is 9.16. The summed E-state index contributed by atoms with van der Waals surface area (Å²) in [5.41, 5.74) is 2.74. The van der Waals surface area contributed by atoms with E-state index in [-0.39, 0.29) is 0 Å². The zero-order valence-electron chi connectivity index (χ0n) is 15.2. The molecule has 1 fully saturated rings. The van der Waals surface area contributed by atoms with Crippen LogP contribution in [0.3, 0.4) is 0 Å². The van der Waals surface area contributed by atoms with Gasteiger partial charge in [0.15, 0.2) is 0 Å². The topological polar surface area (TPSA) is 83.8 Å². The minimum Gasteiger partial charge on any atom is -0.352 e. The summed E-state index contributed by atoms with van der Waals surface area (Å²) in [6.45, 7) is 3.34. The van der Waals surface area contributed by atoms with Crippen LogP contribution in [0, 0.1) is 0 Å². The number of hydrogen-bond acceptors (Lipinski definition) is 8. The molecule has 0 radical (unpaired) electrons. The molecule has 138 valence electrons. The number of fused-ring (bicyclic) bond motifs is 1. The minimum atomic E-state index is 0.748. The fourth-order valence-electron chi connectivity index (χ4n) is 3.44. The average Bonchev–Trinajstić information content (AvgIpc) is 2.79. The normalized spacial score (nSPS) is 14.4. The van der Waals surface area contributed by atoms with Crippen molar-refractivity contribution in [3.05, 3.63) is 61.6 Å². The first kappa shape index (κ1) is 16.5. The van der Waals surface area contributed by atoms with Gasteiger partial charge in [-0.3, -0.25) is 9.97 Å². The Balaban J connectivity index is 1.35. The summed E-state index contributed by atoms with van der Waals surface area (Å²) in [5, 5.41) is 1.03. The van der Waals surface area contributed by atoms with Crippen LogP contribution in [0.1, 0.15) is 0 Å². The third-order valence-electron chi connectivity index (χ3n) is 4.88. The molecule has 0 N–H and O–H groups in total. The summed E-state index contributed by atoms with van der Waals surface area (Å²) >= 11 is 0. The smallest absolute Gasteiger partial charge is 0.225 e. The van der Waals surface area contributed by atoms with Crippen molar-refractivity contribution < 1.29 is 0 Å². The quantitative estimate of drug-likeness (QED) is 0.543. The molecule has 0 aliphatic carbocycles. The van der Waals surface area contributed by atoms with E-state index in [1.54, 1.807) is 24.9 Å². The molecule has 1 aliphatic heterocycles. The van der Waals surface area contributed by atoms with Gasteiger partial charge in [-0.1, -0.05) is 0 Å². The highest BCUT2D eigenvalue weighted by Gasteiger charge is 2.21. The van der Waals surface area contributed by atoms with Gasteiger partial charge in [0, 0.05) is 61.9 Å². The monoisotopic (exact) mass is 370 g/mol. The Kier molecular flexibility index (Phi) is 4.21. The van der Waals surface area contributed by atoms with Crippen LogP contribution in [0.5, 0.6) is 0 Å². The number of piperazine rings is 1. The van der Waals surface area contributed by atoms with Gasteiger partial charge in [-0.25, -0.2) is 19.9 Å². The predicted molar refractivity (Wildman–Crippen MR) is 107 cm³/mol. The Morgan fingerprint density at radius 3 is 2.46 bits per heavy atom. The fraction of sp³-hybridized carbons (Fsp3) is 0.200. The highest BCUT2D eigenvalue weighted by atomic mass is 15.3. The zero-order valence-corrected chi connectivity index (χ0v) is 15.2. The molecule has 0 atom stereocenters. The molecule has 5 rings (SSSR count). The largest absolute Gasteiger partial charge is 0.352 e. The van der Waals surface area contributed by atoms with E-state index in [1.165, 1.54) is 0 Å². The number of anilines is 2. The van der Waals surface area contributed by atoms with Gasteiger partial charge >= 0.3 is 0 Å². The molecular weight excluding hydrogens is 352 g/mol. The number of pyridine rings is 2. The molecule has 0 bridgehead atoms. The van der Waals surface area contributed by atoms with Crippen molar-refractivity contribution in [2.24, 2.45) is 0 Å². The van der Waals surface area contributed by atoms with Gasteiger partial charge in [0.2, 0.25) is 5.95 Å². The molecule has 28 heavy (non-hydrogen) atoms. The van der Waals surface area contributed by atoms with Gasteiger partial charge in [-0.15, -0.1) is 0 Å². The van der Waals surface area contributed by atoms with E-state index in [0.717, 1.165) is 60.1 Å². The average molecular weight is 370 g/mol.